The Bertz CT molecular complexity index is 981. The molecular weight excluding hydrogens is 348 g/mol. The molecule has 3 aromatic rings. The van der Waals surface area contributed by atoms with Crippen LogP contribution in [-0.2, 0) is 11.2 Å². The molecule has 1 aliphatic heterocycles. The average molecular weight is 366 g/mol. The van der Waals surface area contributed by atoms with Gasteiger partial charge in [0.1, 0.15) is 5.01 Å². The van der Waals surface area contributed by atoms with Crippen LogP contribution in [0.5, 0.6) is 11.5 Å². The third-order valence-electron chi connectivity index (χ3n) is 4.19. The largest absolute Gasteiger partial charge is 0.454 e. The molecule has 132 valence electrons. The third-order valence-corrected chi connectivity index (χ3v) is 5.04. The molecule has 0 atom stereocenters. The summed E-state index contributed by atoms with van der Waals surface area (Å²) in [5.74, 6) is 1.41. The molecule has 1 N–H and O–H groups in total. The summed E-state index contributed by atoms with van der Waals surface area (Å²) in [6.45, 7) is 4.27. The number of nitrogens with one attached hydrogen (secondary N) is 1. The van der Waals surface area contributed by atoms with E-state index >= 15 is 0 Å². The van der Waals surface area contributed by atoms with Gasteiger partial charge in [0.25, 0.3) is 0 Å². The number of nitrogens with zero attached hydrogens (tertiary/aromatic N) is 1. The Morgan fingerprint density at radius 2 is 2.00 bits per heavy atom. The lowest BCUT2D eigenvalue weighted by atomic mass is 10.1. The van der Waals surface area contributed by atoms with Crippen molar-refractivity contribution in [2.75, 3.05) is 12.1 Å². The Morgan fingerprint density at radius 1 is 1.15 bits per heavy atom. The summed E-state index contributed by atoms with van der Waals surface area (Å²) >= 11 is 1.48. The topological polar surface area (TPSA) is 60.5 Å². The van der Waals surface area contributed by atoms with Crippen molar-refractivity contribution < 1.29 is 14.3 Å². The van der Waals surface area contributed by atoms with Crippen LogP contribution >= 0.6 is 11.3 Å². The van der Waals surface area contributed by atoms with Gasteiger partial charge in [-0.2, -0.15) is 0 Å². The summed E-state index contributed by atoms with van der Waals surface area (Å²) in [5.41, 5.74) is 4.86. The summed E-state index contributed by atoms with van der Waals surface area (Å²) < 4.78 is 10.7. The standard InChI is InChI=1S/C20H18N2O3S/c1-12-3-5-15(13(2)7-12)21-19(23)9-20-22-16(10-26-20)14-4-6-17-18(8-14)25-11-24-17/h3-8,10H,9,11H2,1-2H3,(H,21,23). The number of benzene rings is 2. The van der Waals surface area contributed by atoms with E-state index in [4.69, 9.17) is 9.47 Å². The smallest absolute Gasteiger partial charge is 0.231 e. The molecule has 0 unspecified atom stereocenters. The van der Waals surface area contributed by atoms with Crippen molar-refractivity contribution in [2.24, 2.45) is 0 Å². The van der Waals surface area contributed by atoms with Crippen molar-refractivity contribution in [1.29, 1.82) is 0 Å². The number of carbonyl (C=O) groups is 1. The van der Waals surface area contributed by atoms with Gasteiger partial charge >= 0.3 is 0 Å². The van der Waals surface area contributed by atoms with Gasteiger partial charge in [-0.15, -0.1) is 11.3 Å². The molecule has 5 nitrogen and oxygen atoms in total. The number of thiazole rings is 1. The zero-order valence-electron chi connectivity index (χ0n) is 14.5. The van der Waals surface area contributed by atoms with Crippen LogP contribution < -0.4 is 14.8 Å². The number of fused-ring (bicyclic) bond motifs is 1. The second-order valence-electron chi connectivity index (χ2n) is 6.24. The first kappa shape index (κ1) is 16.6. The lowest BCUT2D eigenvalue weighted by Gasteiger charge is -2.08. The molecule has 0 fully saturated rings. The SMILES string of the molecule is Cc1ccc(NC(=O)Cc2nc(-c3ccc4c(c3)OCO4)cs2)c(C)c1. The van der Waals surface area contributed by atoms with E-state index < -0.39 is 0 Å². The Labute approximate surface area is 155 Å². The van der Waals surface area contributed by atoms with Gasteiger partial charge in [0, 0.05) is 16.6 Å². The van der Waals surface area contributed by atoms with E-state index in [2.05, 4.69) is 16.4 Å². The number of ether oxygens (including phenoxy) is 2. The minimum absolute atomic E-state index is 0.0662. The maximum atomic E-state index is 12.3. The van der Waals surface area contributed by atoms with Gasteiger partial charge in [0.15, 0.2) is 11.5 Å². The Hall–Kier alpha value is -2.86. The maximum Gasteiger partial charge on any atom is 0.231 e. The minimum Gasteiger partial charge on any atom is -0.454 e. The molecule has 0 radical (unpaired) electrons. The Kier molecular flexibility index (Phi) is 4.34. The Balaban J connectivity index is 1.45. The summed E-state index contributed by atoms with van der Waals surface area (Å²) in [6, 6.07) is 11.7. The number of aryl methyl sites for hydroxylation is 2. The quantitative estimate of drug-likeness (QED) is 0.746. The van der Waals surface area contributed by atoms with E-state index in [1.807, 2.05) is 49.6 Å². The zero-order chi connectivity index (χ0) is 18.1. The highest BCUT2D eigenvalue weighted by Gasteiger charge is 2.16. The molecule has 1 aliphatic rings. The summed E-state index contributed by atoms with van der Waals surface area (Å²) in [7, 11) is 0. The monoisotopic (exact) mass is 366 g/mol. The highest BCUT2D eigenvalue weighted by atomic mass is 32.1. The molecule has 0 saturated carbocycles. The van der Waals surface area contributed by atoms with Crippen LogP contribution in [0.4, 0.5) is 5.69 Å². The third kappa shape index (κ3) is 3.41. The Morgan fingerprint density at radius 3 is 2.85 bits per heavy atom. The van der Waals surface area contributed by atoms with E-state index in [0.717, 1.165) is 39.0 Å². The lowest BCUT2D eigenvalue weighted by molar-refractivity contribution is -0.115. The van der Waals surface area contributed by atoms with Crippen molar-refractivity contribution in [3.63, 3.8) is 0 Å². The first-order valence-corrected chi connectivity index (χ1v) is 9.18. The lowest BCUT2D eigenvalue weighted by Crippen LogP contribution is -2.15. The molecule has 0 bridgehead atoms. The van der Waals surface area contributed by atoms with E-state index in [1.54, 1.807) is 0 Å². The first-order valence-electron chi connectivity index (χ1n) is 8.30. The molecule has 26 heavy (non-hydrogen) atoms. The van der Waals surface area contributed by atoms with E-state index in [0.29, 0.717) is 0 Å². The van der Waals surface area contributed by atoms with Crippen molar-refractivity contribution in [1.82, 2.24) is 4.98 Å². The number of carbonyl (C=O) groups excluding carboxylic acids is 1. The fourth-order valence-electron chi connectivity index (χ4n) is 2.87. The second kappa shape index (κ2) is 6.80. The van der Waals surface area contributed by atoms with E-state index in [9.17, 15) is 4.79 Å². The van der Waals surface area contributed by atoms with Crippen LogP contribution in [0, 0.1) is 13.8 Å². The summed E-state index contributed by atoms with van der Waals surface area (Å²) in [6.07, 6.45) is 0.253. The fourth-order valence-corrected chi connectivity index (χ4v) is 3.67. The van der Waals surface area contributed by atoms with Crippen LogP contribution in [0.2, 0.25) is 0 Å². The van der Waals surface area contributed by atoms with Crippen molar-refractivity contribution >= 4 is 22.9 Å². The van der Waals surface area contributed by atoms with E-state index in [1.165, 1.54) is 16.9 Å². The molecule has 2 aromatic carbocycles. The summed E-state index contributed by atoms with van der Waals surface area (Å²) in [5, 5.41) is 5.69. The zero-order valence-corrected chi connectivity index (χ0v) is 15.4. The average Bonchev–Trinajstić information content (AvgIpc) is 3.25. The normalized spacial score (nSPS) is 12.2. The first-order chi connectivity index (χ1) is 12.6. The van der Waals surface area contributed by atoms with Crippen molar-refractivity contribution in [3.05, 3.63) is 57.9 Å². The minimum atomic E-state index is -0.0662. The second-order valence-corrected chi connectivity index (χ2v) is 7.18. The van der Waals surface area contributed by atoms with Crippen LogP contribution in [0.1, 0.15) is 16.1 Å². The van der Waals surface area contributed by atoms with Gasteiger partial charge in [0.2, 0.25) is 12.7 Å². The molecule has 4 rings (SSSR count). The van der Waals surface area contributed by atoms with Gasteiger partial charge in [-0.1, -0.05) is 17.7 Å². The van der Waals surface area contributed by atoms with Crippen LogP contribution in [-0.4, -0.2) is 17.7 Å². The van der Waals surface area contributed by atoms with Crippen LogP contribution in [0.25, 0.3) is 11.3 Å². The molecule has 6 heteroatoms. The molecular formula is C20H18N2O3S. The number of hydrogen-bond acceptors (Lipinski definition) is 5. The van der Waals surface area contributed by atoms with Gasteiger partial charge in [0.05, 0.1) is 12.1 Å². The molecule has 0 spiro atoms. The van der Waals surface area contributed by atoms with Gasteiger partial charge < -0.3 is 14.8 Å². The van der Waals surface area contributed by atoms with Crippen molar-refractivity contribution in [2.45, 2.75) is 20.3 Å². The van der Waals surface area contributed by atoms with E-state index in [-0.39, 0.29) is 19.1 Å². The van der Waals surface area contributed by atoms with Gasteiger partial charge in [-0.05, 0) is 43.7 Å². The molecule has 2 heterocycles. The van der Waals surface area contributed by atoms with Crippen molar-refractivity contribution in [3.8, 4) is 22.8 Å². The molecule has 1 amide bonds. The number of aromatic nitrogens is 1. The number of hydrogen-bond donors (Lipinski definition) is 1. The maximum absolute atomic E-state index is 12.3. The fraction of sp³-hybridized carbons (Fsp3) is 0.200. The predicted molar refractivity (Wildman–Crippen MR) is 102 cm³/mol. The molecule has 1 aromatic heterocycles. The number of anilines is 1. The molecule has 0 aliphatic carbocycles. The van der Waals surface area contributed by atoms with Crippen LogP contribution in [0.15, 0.2) is 41.8 Å². The molecule has 0 saturated heterocycles. The predicted octanol–water partition coefficient (Wildman–Crippen LogP) is 4.34. The van der Waals surface area contributed by atoms with Gasteiger partial charge in [-0.25, -0.2) is 4.98 Å². The van der Waals surface area contributed by atoms with Crippen LogP contribution in [0.3, 0.4) is 0 Å². The summed E-state index contributed by atoms with van der Waals surface area (Å²) in [4.78, 5) is 16.9. The van der Waals surface area contributed by atoms with Gasteiger partial charge in [-0.3, -0.25) is 4.79 Å². The highest BCUT2D eigenvalue weighted by Crippen LogP contribution is 2.36. The number of rotatable bonds is 4. The highest BCUT2D eigenvalue weighted by molar-refractivity contribution is 7.10. The number of amides is 1.